The van der Waals surface area contributed by atoms with Crippen molar-refractivity contribution in [3.8, 4) is 0 Å². The summed E-state index contributed by atoms with van der Waals surface area (Å²) >= 11 is 0. The Morgan fingerprint density at radius 3 is 2.44 bits per heavy atom. The van der Waals surface area contributed by atoms with Crippen molar-refractivity contribution in [1.82, 2.24) is 9.80 Å². The molecule has 0 bridgehead atoms. The Morgan fingerprint density at radius 2 is 1.81 bits per heavy atom. The van der Waals surface area contributed by atoms with E-state index in [9.17, 15) is 0 Å². The van der Waals surface area contributed by atoms with Crippen molar-refractivity contribution in [3.63, 3.8) is 0 Å². The fourth-order valence-corrected chi connectivity index (χ4v) is 3.21. The van der Waals surface area contributed by atoms with Gasteiger partial charge in [0.1, 0.15) is 0 Å². The quantitative estimate of drug-likeness (QED) is 0.765. The number of hydrogen-bond acceptors (Lipinski definition) is 3. The molecule has 1 aliphatic carbocycles. The van der Waals surface area contributed by atoms with Crippen LogP contribution in [0.1, 0.15) is 33.1 Å². The summed E-state index contributed by atoms with van der Waals surface area (Å²) in [5.74, 6) is 0.869. The summed E-state index contributed by atoms with van der Waals surface area (Å²) in [6, 6.07) is 1.08. The van der Waals surface area contributed by atoms with Crippen LogP contribution in [0.25, 0.3) is 0 Å². The fraction of sp³-hybridized carbons (Fsp3) is 1.00. The van der Waals surface area contributed by atoms with Gasteiger partial charge in [-0.2, -0.15) is 0 Å². The lowest BCUT2D eigenvalue weighted by Crippen LogP contribution is -2.57. The molecule has 1 heterocycles. The van der Waals surface area contributed by atoms with E-state index in [1.807, 2.05) is 0 Å². The lowest BCUT2D eigenvalue weighted by molar-refractivity contribution is 0.0607. The molecular formula is C13H27N3. The number of piperazine rings is 1. The third-order valence-electron chi connectivity index (χ3n) is 4.45. The molecule has 2 fully saturated rings. The van der Waals surface area contributed by atoms with Gasteiger partial charge in [0.2, 0.25) is 0 Å². The van der Waals surface area contributed by atoms with E-state index < -0.39 is 0 Å². The van der Waals surface area contributed by atoms with E-state index in [-0.39, 0.29) is 0 Å². The summed E-state index contributed by atoms with van der Waals surface area (Å²) in [6.07, 6.45) is 3.86. The van der Waals surface area contributed by atoms with Gasteiger partial charge >= 0.3 is 0 Å². The second-order valence-corrected chi connectivity index (χ2v) is 5.62. The summed E-state index contributed by atoms with van der Waals surface area (Å²) in [5.41, 5.74) is 6.28. The van der Waals surface area contributed by atoms with Gasteiger partial charge in [0.05, 0.1) is 0 Å². The highest BCUT2D eigenvalue weighted by Crippen LogP contribution is 2.27. The molecule has 1 aliphatic heterocycles. The highest BCUT2D eigenvalue weighted by Gasteiger charge is 2.32. The van der Waals surface area contributed by atoms with Gasteiger partial charge in [0.25, 0.3) is 0 Å². The number of rotatable bonds is 2. The molecule has 0 spiro atoms. The monoisotopic (exact) mass is 225 g/mol. The van der Waals surface area contributed by atoms with Crippen molar-refractivity contribution < 1.29 is 0 Å². The Balaban J connectivity index is 1.87. The smallest absolute Gasteiger partial charge is 0.0250 e. The van der Waals surface area contributed by atoms with Crippen LogP contribution in [-0.4, -0.2) is 54.6 Å². The molecule has 0 aromatic rings. The third kappa shape index (κ3) is 2.76. The predicted molar refractivity (Wildman–Crippen MR) is 68.5 cm³/mol. The molecule has 94 valence electrons. The van der Waals surface area contributed by atoms with Crippen molar-refractivity contribution in [2.75, 3.05) is 32.7 Å². The maximum atomic E-state index is 6.28. The van der Waals surface area contributed by atoms with Gasteiger partial charge in [0.15, 0.2) is 0 Å². The minimum Gasteiger partial charge on any atom is -0.326 e. The second kappa shape index (κ2) is 5.48. The lowest BCUT2D eigenvalue weighted by atomic mass is 9.83. The van der Waals surface area contributed by atoms with Gasteiger partial charge in [-0.25, -0.2) is 0 Å². The van der Waals surface area contributed by atoms with E-state index in [1.54, 1.807) is 0 Å². The Morgan fingerprint density at radius 1 is 1.12 bits per heavy atom. The van der Waals surface area contributed by atoms with Crippen LogP contribution < -0.4 is 5.73 Å². The van der Waals surface area contributed by atoms with Crippen molar-refractivity contribution in [3.05, 3.63) is 0 Å². The predicted octanol–water partition coefficient (Wildman–Crippen LogP) is 1.14. The molecule has 1 saturated carbocycles. The summed E-state index contributed by atoms with van der Waals surface area (Å²) < 4.78 is 0. The second-order valence-electron chi connectivity index (χ2n) is 5.62. The van der Waals surface area contributed by atoms with Crippen LogP contribution in [0.4, 0.5) is 0 Å². The van der Waals surface area contributed by atoms with Crippen LogP contribution >= 0.6 is 0 Å². The van der Waals surface area contributed by atoms with Gasteiger partial charge in [-0.1, -0.05) is 13.8 Å². The average Bonchev–Trinajstić information content (AvgIpc) is 2.32. The Bertz CT molecular complexity index is 211. The van der Waals surface area contributed by atoms with Gasteiger partial charge in [0, 0.05) is 38.3 Å². The Labute approximate surface area is 100.0 Å². The molecule has 3 nitrogen and oxygen atoms in total. The molecular weight excluding hydrogens is 198 g/mol. The SMILES string of the molecule is CCN1CCN(C2CC(C)CCC2N)CC1. The highest BCUT2D eigenvalue weighted by atomic mass is 15.3. The first-order valence-corrected chi connectivity index (χ1v) is 6.92. The Hall–Kier alpha value is -0.120. The van der Waals surface area contributed by atoms with Crippen LogP contribution in [-0.2, 0) is 0 Å². The molecule has 1 saturated heterocycles. The first-order valence-electron chi connectivity index (χ1n) is 6.92. The largest absolute Gasteiger partial charge is 0.326 e. The normalized spacial score (nSPS) is 38.8. The van der Waals surface area contributed by atoms with E-state index in [4.69, 9.17) is 5.73 Å². The zero-order chi connectivity index (χ0) is 11.5. The molecule has 3 unspecified atom stereocenters. The summed E-state index contributed by atoms with van der Waals surface area (Å²) in [4.78, 5) is 5.18. The van der Waals surface area contributed by atoms with E-state index in [0.29, 0.717) is 12.1 Å². The lowest BCUT2D eigenvalue weighted by Gasteiger charge is -2.44. The zero-order valence-corrected chi connectivity index (χ0v) is 10.9. The third-order valence-corrected chi connectivity index (χ3v) is 4.45. The molecule has 0 aromatic heterocycles. The number of nitrogens with two attached hydrogens (primary N) is 1. The maximum Gasteiger partial charge on any atom is 0.0250 e. The van der Waals surface area contributed by atoms with Crippen LogP contribution in [0.2, 0.25) is 0 Å². The number of likely N-dealkylation sites (N-methyl/N-ethyl adjacent to an activating group) is 1. The van der Waals surface area contributed by atoms with E-state index in [1.165, 1.54) is 52.0 Å². The van der Waals surface area contributed by atoms with Gasteiger partial charge < -0.3 is 10.6 Å². The summed E-state index contributed by atoms with van der Waals surface area (Å²) in [7, 11) is 0. The molecule has 0 amide bonds. The van der Waals surface area contributed by atoms with E-state index in [0.717, 1.165) is 5.92 Å². The van der Waals surface area contributed by atoms with Crippen LogP contribution in [0.5, 0.6) is 0 Å². The first kappa shape index (κ1) is 12.3. The molecule has 3 atom stereocenters. The standard InChI is InChI=1S/C13H27N3/c1-3-15-6-8-16(9-7-15)13-10-11(2)4-5-12(13)14/h11-13H,3-10,14H2,1-2H3. The molecule has 0 aromatic carbocycles. The van der Waals surface area contributed by atoms with E-state index in [2.05, 4.69) is 23.6 Å². The molecule has 2 aliphatic rings. The first-order chi connectivity index (χ1) is 7.70. The number of nitrogens with zero attached hydrogens (tertiary/aromatic N) is 2. The molecule has 2 N–H and O–H groups in total. The van der Waals surface area contributed by atoms with E-state index >= 15 is 0 Å². The minimum atomic E-state index is 0.421. The average molecular weight is 225 g/mol. The fourth-order valence-electron chi connectivity index (χ4n) is 3.21. The molecule has 2 rings (SSSR count). The molecule has 0 radical (unpaired) electrons. The Kier molecular flexibility index (Phi) is 4.22. The summed E-state index contributed by atoms with van der Waals surface area (Å²) in [6.45, 7) is 10.7. The van der Waals surface area contributed by atoms with Crippen LogP contribution in [0.3, 0.4) is 0 Å². The van der Waals surface area contributed by atoms with Gasteiger partial charge in [-0.3, -0.25) is 4.90 Å². The van der Waals surface area contributed by atoms with Crippen molar-refractivity contribution in [2.45, 2.75) is 45.2 Å². The highest BCUT2D eigenvalue weighted by molar-refractivity contribution is 4.90. The van der Waals surface area contributed by atoms with Crippen LogP contribution in [0.15, 0.2) is 0 Å². The number of hydrogen-bond donors (Lipinski definition) is 1. The molecule has 16 heavy (non-hydrogen) atoms. The minimum absolute atomic E-state index is 0.421. The van der Waals surface area contributed by atoms with Gasteiger partial charge in [-0.05, 0) is 31.7 Å². The van der Waals surface area contributed by atoms with Gasteiger partial charge in [-0.15, -0.1) is 0 Å². The molecule has 3 heteroatoms. The van der Waals surface area contributed by atoms with Crippen molar-refractivity contribution in [1.29, 1.82) is 0 Å². The summed E-state index contributed by atoms with van der Waals surface area (Å²) in [5, 5.41) is 0. The topological polar surface area (TPSA) is 32.5 Å². The van der Waals surface area contributed by atoms with Crippen LogP contribution in [0, 0.1) is 5.92 Å². The van der Waals surface area contributed by atoms with Crippen molar-refractivity contribution in [2.24, 2.45) is 11.7 Å². The van der Waals surface area contributed by atoms with Crippen molar-refractivity contribution >= 4 is 0 Å². The zero-order valence-electron chi connectivity index (χ0n) is 10.9. The maximum absolute atomic E-state index is 6.28.